The molecule has 1 aromatic carbocycles. The summed E-state index contributed by atoms with van der Waals surface area (Å²) in [5, 5.41) is 0. The Labute approximate surface area is 99.5 Å². The second kappa shape index (κ2) is 4.07. The summed E-state index contributed by atoms with van der Waals surface area (Å²) in [6.07, 6.45) is 1.57. The lowest BCUT2D eigenvalue weighted by atomic mass is 10.0. The van der Waals surface area contributed by atoms with Crippen molar-refractivity contribution in [2.75, 3.05) is 21.3 Å². The molecule has 1 fully saturated rings. The predicted octanol–water partition coefficient (Wildman–Crippen LogP) is 1.80. The van der Waals surface area contributed by atoms with Crippen LogP contribution in [0.2, 0.25) is 0 Å². The Morgan fingerprint density at radius 2 is 1.71 bits per heavy atom. The number of methoxy groups -OCH3 is 3. The van der Waals surface area contributed by atoms with Gasteiger partial charge in [-0.05, 0) is 12.8 Å². The van der Waals surface area contributed by atoms with E-state index in [-0.39, 0.29) is 5.75 Å². The van der Waals surface area contributed by atoms with Crippen molar-refractivity contribution < 1.29 is 18.6 Å². The lowest BCUT2D eigenvalue weighted by Crippen LogP contribution is -2.21. The highest BCUT2D eigenvalue weighted by Crippen LogP contribution is 2.53. The Hall–Kier alpha value is -1.49. The van der Waals surface area contributed by atoms with Crippen molar-refractivity contribution in [3.63, 3.8) is 0 Å². The maximum atomic E-state index is 13.9. The van der Waals surface area contributed by atoms with Crippen molar-refractivity contribution in [3.05, 3.63) is 17.4 Å². The highest BCUT2D eigenvalue weighted by molar-refractivity contribution is 5.59. The smallest absolute Gasteiger partial charge is 0.169 e. The molecule has 0 bridgehead atoms. The van der Waals surface area contributed by atoms with Gasteiger partial charge in [0.1, 0.15) is 0 Å². The Balaban J connectivity index is 2.69. The third kappa shape index (κ3) is 1.80. The van der Waals surface area contributed by atoms with E-state index in [1.165, 1.54) is 27.4 Å². The van der Waals surface area contributed by atoms with Gasteiger partial charge in [-0.1, -0.05) is 0 Å². The van der Waals surface area contributed by atoms with Gasteiger partial charge < -0.3 is 19.9 Å². The zero-order valence-electron chi connectivity index (χ0n) is 10.2. The lowest BCUT2D eigenvalue weighted by Gasteiger charge is -2.20. The number of hydrogen-bond donors (Lipinski definition) is 1. The second-order valence-corrected chi connectivity index (χ2v) is 4.16. The van der Waals surface area contributed by atoms with Gasteiger partial charge in [0, 0.05) is 11.6 Å². The van der Waals surface area contributed by atoms with Crippen LogP contribution in [0, 0.1) is 5.82 Å². The average molecular weight is 241 g/mol. The van der Waals surface area contributed by atoms with Crippen molar-refractivity contribution >= 4 is 0 Å². The molecule has 0 aliphatic heterocycles. The fourth-order valence-corrected chi connectivity index (χ4v) is 1.98. The van der Waals surface area contributed by atoms with Crippen molar-refractivity contribution in [1.29, 1.82) is 0 Å². The maximum Gasteiger partial charge on any atom is 0.169 e. The first-order valence-electron chi connectivity index (χ1n) is 5.35. The quantitative estimate of drug-likeness (QED) is 0.873. The number of rotatable bonds is 4. The van der Waals surface area contributed by atoms with Gasteiger partial charge in [-0.25, -0.2) is 4.39 Å². The molecule has 17 heavy (non-hydrogen) atoms. The van der Waals surface area contributed by atoms with Crippen LogP contribution in [-0.4, -0.2) is 21.3 Å². The summed E-state index contributed by atoms with van der Waals surface area (Å²) in [4.78, 5) is 0. The average Bonchev–Trinajstić information content (AvgIpc) is 3.06. The molecule has 1 saturated carbocycles. The largest absolute Gasteiger partial charge is 0.493 e. The molecule has 0 spiro atoms. The van der Waals surface area contributed by atoms with Crippen LogP contribution in [0.4, 0.5) is 4.39 Å². The molecule has 0 radical (unpaired) electrons. The molecular weight excluding hydrogens is 225 g/mol. The standard InChI is InChI=1S/C12H16FNO3/c1-15-8-6-7(13)10(16-2)9(11(8)17-3)12(14)4-5-12/h6H,4-5,14H2,1-3H3. The molecular formula is C12H16FNO3. The first-order valence-corrected chi connectivity index (χ1v) is 5.35. The van der Waals surface area contributed by atoms with Crippen molar-refractivity contribution in [2.45, 2.75) is 18.4 Å². The highest BCUT2D eigenvalue weighted by Gasteiger charge is 2.46. The first kappa shape index (κ1) is 12.0. The topological polar surface area (TPSA) is 53.7 Å². The molecule has 0 unspecified atom stereocenters. The normalized spacial score (nSPS) is 16.5. The molecule has 2 N–H and O–H groups in total. The van der Waals surface area contributed by atoms with E-state index < -0.39 is 11.4 Å². The summed E-state index contributed by atoms with van der Waals surface area (Å²) in [6, 6.07) is 1.24. The first-order chi connectivity index (χ1) is 8.07. The number of hydrogen-bond acceptors (Lipinski definition) is 4. The SMILES string of the molecule is COc1cc(F)c(OC)c(C2(N)CC2)c1OC. The van der Waals surface area contributed by atoms with Gasteiger partial charge in [0.2, 0.25) is 0 Å². The molecule has 0 atom stereocenters. The van der Waals surface area contributed by atoms with E-state index in [1.54, 1.807) is 0 Å². The lowest BCUT2D eigenvalue weighted by molar-refractivity contribution is 0.328. The third-order valence-corrected chi connectivity index (χ3v) is 3.07. The Morgan fingerprint density at radius 3 is 2.12 bits per heavy atom. The summed E-state index contributed by atoms with van der Waals surface area (Å²) >= 11 is 0. The minimum Gasteiger partial charge on any atom is -0.493 e. The number of halogens is 1. The summed E-state index contributed by atoms with van der Waals surface area (Å²) in [5.74, 6) is 0.433. The summed E-state index contributed by atoms with van der Waals surface area (Å²) in [6.45, 7) is 0. The van der Waals surface area contributed by atoms with Crippen LogP contribution in [0.1, 0.15) is 18.4 Å². The summed E-state index contributed by atoms with van der Waals surface area (Å²) in [5.41, 5.74) is 6.12. The number of ether oxygens (including phenoxy) is 3. The van der Waals surface area contributed by atoms with Gasteiger partial charge in [0.25, 0.3) is 0 Å². The molecule has 2 rings (SSSR count). The van der Waals surface area contributed by atoms with Crippen molar-refractivity contribution in [1.82, 2.24) is 0 Å². The molecule has 94 valence electrons. The molecule has 4 nitrogen and oxygen atoms in total. The molecule has 5 heteroatoms. The van der Waals surface area contributed by atoms with Crippen molar-refractivity contribution in [3.8, 4) is 17.2 Å². The van der Waals surface area contributed by atoms with Gasteiger partial charge >= 0.3 is 0 Å². The van der Waals surface area contributed by atoms with E-state index in [4.69, 9.17) is 19.9 Å². The monoisotopic (exact) mass is 241 g/mol. The van der Waals surface area contributed by atoms with Gasteiger partial charge in [0.05, 0.1) is 26.9 Å². The number of nitrogens with two attached hydrogens (primary N) is 1. The Morgan fingerprint density at radius 1 is 1.12 bits per heavy atom. The minimum atomic E-state index is -0.563. The Bertz CT molecular complexity index is 444. The van der Waals surface area contributed by atoms with E-state index >= 15 is 0 Å². The van der Waals surface area contributed by atoms with Gasteiger partial charge in [-0.15, -0.1) is 0 Å². The molecule has 0 amide bonds. The zero-order chi connectivity index (χ0) is 12.6. The van der Waals surface area contributed by atoms with Gasteiger partial charge in [0.15, 0.2) is 23.1 Å². The summed E-state index contributed by atoms with van der Waals surface area (Å²) < 4.78 is 29.3. The van der Waals surface area contributed by atoms with Crippen LogP contribution in [0.3, 0.4) is 0 Å². The fraction of sp³-hybridized carbons (Fsp3) is 0.500. The minimum absolute atomic E-state index is 0.141. The van der Waals surface area contributed by atoms with Gasteiger partial charge in [-0.3, -0.25) is 0 Å². The van der Waals surface area contributed by atoms with E-state index in [0.29, 0.717) is 17.1 Å². The third-order valence-electron chi connectivity index (χ3n) is 3.07. The molecule has 1 aliphatic rings. The molecule has 0 aromatic heterocycles. The molecule has 1 aliphatic carbocycles. The van der Waals surface area contributed by atoms with Crippen LogP contribution in [0.25, 0.3) is 0 Å². The highest BCUT2D eigenvalue weighted by atomic mass is 19.1. The van der Waals surface area contributed by atoms with E-state index in [9.17, 15) is 4.39 Å². The molecule has 0 heterocycles. The van der Waals surface area contributed by atoms with Gasteiger partial charge in [-0.2, -0.15) is 0 Å². The van der Waals surface area contributed by atoms with Crippen molar-refractivity contribution in [2.24, 2.45) is 5.73 Å². The second-order valence-electron chi connectivity index (χ2n) is 4.16. The van der Waals surface area contributed by atoms with E-state index in [1.807, 2.05) is 0 Å². The molecule has 0 saturated heterocycles. The maximum absolute atomic E-state index is 13.9. The van der Waals surface area contributed by atoms with Crippen LogP contribution < -0.4 is 19.9 Å². The molecule has 1 aromatic rings. The van der Waals surface area contributed by atoms with E-state index in [2.05, 4.69) is 0 Å². The van der Waals surface area contributed by atoms with Crippen LogP contribution >= 0.6 is 0 Å². The van der Waals surface area contributed by atoms with Crippen LogP contribution in [0.5, 0.6) is 17.2 Å². The summed E-state index contributed by atoms with van der Waals surface area (Å²) in [7, 11) is 4.38. The fourth-order valence-electron chi connectivity index (χ4n) is 1.98. The van der Waals surface area contributed by atoms with E-state index in [0.717, 1.165) is 12.8 Å². The zero-order valence-corrected chi connectivity index (χ0v) is 10.2. The predicted molar refractivity (Wildman–Crippen MR) is 61.2 cm³/mol. The van der Waals surface area contributed by atoms with Crippen LogP contribution in [0.15, 0.2) is 6.07 Å². The number of benzene rings is 1. The Kier molecular flexibility index (Phi) is 2.87. The van der Waals surface area contributed by atoms with Crippen LogP contribution in [-0.2, 0) is 5.54 Å².